The van der Waals surface area contributed by atoms with Gasteiger partial charge in [-0.3, -0.25) is 0 Å². The summed E-state index contributed by atoms with van der Waals surface area (Å²) in [6.45, 7) is 7.73. The van der Waals surface area contributed by atoms with Crippen molar-refractivity contribution in [1.29, 1.82) is 0 Å². The van der Waals surface area contributed by atoms with Crippen LogP contribution in [0, 0.1) is 5.41 Å². The fraction of sp³-hybridized carbons (Fsp3) is 0.750. The van der Waals surface area contributed by atoms with Gasteiger partial charge in [0.1, 0.15) is 0 Å². The maximum atomic E-state index is 4.65. The van der Waals surface area contributed by atoms with Gasteiger partial charge in [-0.15, -0.1) is 11.3 Å². The zero-order valence-corrected chi connectivity index (χ0v) is 10.7. The average Bonchev–Trinajstić information content (AvgIpc) is 2.83. The van der Waals surface area contributed by atoms with Gasteiger partial charge in [0.05, 0.1) is 10.7 Å². The van der Waals surface area contributed by atoms with E-state index in [9.17, 15) is 0 Å². The predicted octanol–water partition coefficient (Wildman–Crippen LogP) is 2.98. The van der Waals surface area contributed by atoms with Gasteiger partial charge >= 0.3 is 0 Å². The summed E-state index contributed by atoms with van der Waals surface area (Å²) in [5.41, 5.74) is 1.56. The molecule has 84 valence electrons. The molecular formula is C12H20N2S. The highest BCUT2D eigenvalue weighted by atomic mass is 32.1. The summed E-state index contributed by atoms with van der Waals surface area (Å²) in [6, 6.07) is 0.776. The minimum absolute atomic E-state index is 0.346. The van der Waals surface area contributed by atoms with Crippen LogP contribution in [0.1, 0.15) is 44.3 Å². The molecule has 0 aliphatic heterocycles. The Morgan fingerprint density at radius 2 is 2.20 bits per heavy atom. The number of hydrogen-bond acceptors (Lipinski definition) is 3. The maximum absolute atomic E-state index is 4.65. The first-order valence-electron chi connectivity index (χ1n) is 5.70. The Kier molecular flexibility index (Phi) is 3.12. The Balaban J connectivity index is 1.85. The second-order valence-corrected chi connectivity index (χ2v) is 6.57. The smallest absolute Gasteiger partial charge is 0.0934 e. The van der Waals surface area contributed by atoms with E-state index in [1.807, 2.05) is 0 Å². The molecule has 0 unspecified atom stereocenters. The fourth-order valence-electron chi connectivity index (χ4n) is 1.50. The SMILES string of the molecule is CC(C)(C)Cc1nc(CNC2CC2)cs1. The second kappa shape index (κ2) is 4.22. The Hall–Kier alpha value is -0.410. The topological polar surface area (TPSA) is 24.9 Å². The van der Waals surface area contributed by atoms with Crippen molar-refractivity contribution in [2.75, 3.05) is 0 Å². The predicted molar refractivity (Wildman–Crippen MR) is 65.1 cm³/mol. The van der Waals surface area contributed by atoms with Crippen molar-refractivity contribution in [2.45, 2.75) is 52.6 Å². The van der Waals surface area contributed by atoms with Gasteiger partial charge in [0.15, 0.2) is 0 Å². The minimum Gasteiger partial charge on any atom is -0.308 e. The first-order valence-corrected chi connectivity index (χ1v) is 6.57. The molecule has 1 aliphatic carbocycles. The summed E-state index contributed by atoms with van der Waals surface area (Å²) in [5.74, 6) is 0. The molecule has 0 aromatic carbocycles. The molecule has 1 fully saturated rings. The molecule has 2 nitrogen and oxygen atoms in total. The lowest BCUT2D eigenvalue weighted by Crippen LogP contribution is -2.15. The Morgan fingerprint density at radius 3 is 2.80 bits per heavy atom. The summed E-state index contributed by atoms with van der Waals surface area (Å²) in [5, 5.41) is 6.96. The summed E-state index contributed by atoms with van der Waals surface area (Å²) in [4.78, 5) is 4.65. The van der Waals surface area contributed by atoms with E-state index < -0.39 is 0 Å². The number of thiazole rings is 1. The summed E-state index contributed by atoms with van der Waals surface area (Å²) in [6.07, 6.45) is 3.78. The van der Waals surface area contributed by atoms with E-state index in [-0.39, 0.29) is 0 Å². The Morgan fingerprint density at radius 1 is 1.47 bits per heavy atom. The fourth-order valence-corrected chi connectivity index (χ4v) is 2.60. The van der Waals surface area contributed by atoms with Crippen molar-refractivity contribution in [3.63, 3.8) is 0 Å². The van der Waals surface area contributed by atoms with Crippen LogP contribution in [0.25, 0.3) is 0 Å². The summed E-state index contributed by atoms with van der Waals surface area (Å²) < 4.78 is 0. The standard InChI is InChI=1S/C12H20N2S/c1-12(2,3)6-11-14-10(8-15-11)7-13-9-4-5-9/h8-9,13H,4-7H2,1-3H3. The largest absolute Gasteiger partial charge is 0.308 e. The highest BCUT2D eigenvalue weighted by Gasteiger charge is 2.20. The van der Waals surface area contributed by atoms with E-state index in [1.54, 1.807) is 11.3 Å². The molecule has 0 amide bonds. The highest BCUT2D eigenvalue weighted by molar-refractivity contribution is 7.09. The number of hydrogen-bond donors (Lipinski definition) is 1. The van der Waals surface area contributed by atoms with Crippen LogP contribution in [-0.2, 0) is 13.0 Å². The molecule has 1 aromatic heterocycles. The second-order valence-electron chi connectivity index (χ2n) is 5.63. The van der Waals surface area contributed by atoms with Crippen molar-refractivity contribution in [3.8, 4) is 0 Å². The number of nitrogens with one attached hydrogen (secondary N) is 1. The van der Waals surface area contributed by atoms with Gasteiger partial charge in [0, 0.05) is 24.4 Å². The van der Waals surface area contributed by atoms with Gasteiger partial charge in [-0.25, -0.2) is 4.98 Å². The van der Waals surface area contributed by atoms with Crippen LogP contribution in [0.4, 0.5) is 0 Å². The molecule has 0 radical (unpaired) electrons. The monoisotopic (exact) mass is 224 g/mol. The van der Waals surface area contributed by atoms with Crippen molar-refractivity contribution in [1.82, 2.24) is 10.3 Å². The quantitative estimate of drug-likeness (QED) is 0.850. The van der Waals surface area contributed by atoms with Crippen molar-refractivity contribution >= 4 is 11.3 Å². The summed E-state index contributed by atoms with van der Waals surface area (Å²) in [7, 11) is 0. The molecule has 0 atom stereocenters. The third-order valence-corrected chi connectivity index (χ3v) is 3.33. The summed E-state index contributed by atoms with van der Waals surface area (Å²) >= 11 is 1.80. The molecule has 1 saturated carbocycles. The van der Waals surface area contributed by atoms with E-state index >= 15 is 0 Å². The minimum atomic E-state index is 0.346. The first kappa shape index (κ1) is 11.1. The highest BCUT2D eigenvalue weighted by Crippen LogP contribution is 2.23. The van der Waals surface area contributed by atoms with Gasteiger partial charge in [0.25, 0.3) is 0 Å². The van der Waals surface area contributed by atoms with Crippen molar-refractivity contribution < 1.29 is 0 Å². The normalized spacial score (nSPS) is 17.0. The molecule has 0 saturated heterocycles. The molecule has 1 aromatic rings. The van der Waals surface area contributed by atoms with E-state index in [0.29, 0.717) is 5.41 Å². The lowest BCUT2D eigenvalue weighted by molar-refractivity contribution is 0.410. The Bertz CT molecular complexity index is 321. The lowest BCUT2D eigenvalue weighted by atomic mass is 9.93. The zero-order valence-electron chi connectivity index (χ0n) is 9.84. The van der Waals surface area contributed by atoms with Crippen LogP contribution in [0.3, 0.4) is 0 Å². The number of nitrogens with zero attached hydrogens (tertiary/aromatic N) is 1. The lowest BCUT2D eigenvalue weighted by Gasteiger charge is -2.15. The van der Waals surface area contributed by atoms with Crippen LogP contribution in [0.5, 0.6) is 0 Å². The number of aromatic nitrogens is 1. The molecular weight excluding hydrogens is 204 g/mol. The van der Waals surface area contributed by atoms with Gasteiger partial charge < -0.3 is 5.32 Å². The molecule has 0 spiro atoms. The van der Waals surface area contributed by atoms with E-state index in [4.69, 9.17) is 0 Å². The zero-order chi connectivity index (χ0) is 10.9. The van der Waals surface area contributed by atoms with Crippen LogP contribution in [-0.4, -0.2) is 11.0 Å². The van der Waals surface area contributed by atoms with E-state index in [1.165, 1.54) is 23.5 Å². The molecule has 3 heteroatoms. The van der Waals surface area contributed by atoms with Gasteiger partial charge in [-0.1, -0.05) is 20.8 Å². The maximum Gasteiger partial charge on any atom is 0.0934 e. The Labute approximate surface area is 96.1 Å². The average molecular weight is 224 g/mol. The van der Waals surface area contributed by atoms with E-state index in [0.717, 1.165) is 19.0 Å². The van der Waals surface area contributed by atoms with E-state index in [2.05, 4.69) is 36.5 Å². The van der Waals surface area contributed by atoms with Crippen LogP contribution < -0.4 is 5.32 Å². The van der Waals surface area contributed by atoms with Crippen LogP contribution in [0.15, 0.2) is 5.38 Å². The molecule has 15 heavy (non-hydrogen) atoms. The van der Waals surface area contributed by atoms with Gasteiger partial charge in [-0.2, -0.15) is 0 Å². The molecule has 1 aliphatic rings. The van der Waals surface area contributed by atoms with Crippen LogP contribution >= 0.6 is 11.3 Å². The van der Waals surface area contributed by atoms with Crippen LogP contribution in [0.2, 0.25) is 0 Å². The number of rotatable bonds is 4. The van der Waals surface area contributed by atoms with Crippen molar-refractivity contribution in [2.24, 2.45) is 5.41 Å². The first-order chi connectivity index (χ1) is 7.03. The van der Waals surface area contributed by atoms with Crippen molar-refractivity contribution in [3.05, 3.63) is 16.1 Å². The third kappa shape index (κ3) is 3.92. The molecule has 0 bridgehead atoms. The molecule has 2 rings (SSSR count). The molecule has 1 heterocycles. The molecule has 1 N–H and O–H groups in total. The van der Waals surface area contributed by atoms with Gasteiger partial charge in [-0.05, 0) is 18.3 Å². The van der Waals surface area contributed by atoms with Gasteiger partial charge in [0.2, 0.25) is 0 Å². The third-order valence-electron chi connectivity index (χ3n) is 2.43.